The lowest BCUT2D eigenvalue weighted by Crippen LogP contribution is -1.98. The number of rotatable bonds is 4. The average molecular weight is 261 g/mol. The quantitative estimate of drug-likeness (QED) is 0.760. The molecular weight excluding hydrogens is 244 g/mol. The highest BCUT2D eigenvalue weighted by molar-refractivity contribution is 5.60. The van der Waals surface area contributed by atoms with Crippen LogP contribution in [0.1, 0.15) is 38.3 Å². The van der Waals surface area contributed by atoms with Crippen LogP contribution in [0.4, 0.5) is 8.78 Å². The molecule has 1 aromatic heterocycles. The lowest BCUT2D eigenvalue weighted by Gasteiger charge is -2.11. The van der Waals surface area contributed by atoms with Gasteiger partial charge in [0.1, 0.15) is 11.6 Å². The van der Waals surface area contributed by atoms with E-state index in [1.165, 1.54) is 12.1 Å². The predicted molar refractivity (Wildman–Crippen MR) is 72.9 cm³/mol. The molecule has 0 bridgehead atoms. The molecule has 1 atom stereocenters. The molecule has 1 aromatic carbocycles. The van der Waals surface area contributed by atoms with E-state index >= 15 is 0 Å². The molecule has 0 fully saturated rings. The summed E-state index contributed by atoms with van der Waals surface area (Å²) in [6, 6.07) is 9.14. The maximum Gasteiger partial charge on any atom is 0.135 e. The zero-order chi connectivity index (χ0) is 13.8. The first-order chi connectivity index (χ1) is 9.11. The van der Waals surface area contributed by atoms with Gasteiger partial charge >= 0.3 is 0 Å². The van der Waals surface area contributed by atoms with Gasteiger partial charge in [-0.15, -0.1) is 0 Å². The van der Waals surface area contributed by atoms with Crippen LogP contribution in [0.3, 0.4) is 0 Å². The summed E-state index contributed by atoms with van der Waals surface area (Å²) in [5, 5.41) is 0. The first kappa shape index (κ1) is 13.7. The molecule has 0 N–H and O–H groups in total. The molecule has 1 nitrogen and oxygen atoms in total. The molecule has 0 spiro atoms. The van der Waals surface area contributed by atoms with Crippen molar-refractivity contribution in [2.75, 3.05) is 0 Å². The third-order valence-electron chi connectivity index (χ3n) is 3.20. The van der Waals surface area contributed by atoms with Crippen LogP contribution in [0.15, 0.2) is 36.4 Å². The summed E-state index contributed by atoms with van der Waals surface area (Å²) in [7, 11) is 0. The molecule has 19 heavy (non-hydrogen) atoms. The Hall–Kier alpha value is -1.77. The minimum Gasteiger partial charge on any atom is -0.252 e. The zero-order valence-electron chi connectivity index (χ0n) is 11.2. The number of aromatic nitrogens is 1. The van der Waals surface area contributed by atoms with E-state index in [9.17, 15) is 8.78 Å². The van der Waals surface area contributed by atoms with Gasteiger partial charge < -0.3 is 0 Å². The standard InChI is InChI=1S/C16H17F2N/c1-3-5-11(2)15-6-4-7-16(19-15)13-9-8-12(17)10-14(13)18/h4,6-11H,3,5H2,1-2H3. The van der Waals surface area contributed by atoms with Gasteiger partial charge in [-0.1, -0.05) is 26.3 Å². The van der Waals surface area contributed by atoms with Crippen LogP contribution in [-0.2, 0) is 0 Å². The monoisotopic (exact) mass is 261 g/mol. The van der Waals surface area contributed by atoms with E-state index in [1.54, 1.807) is 6.07 Å². The van der Waals surface area contributed by atoms with Gasteiger partial charge in [0.05, 0.1) is 5.69 Å². The van der Waals surface area contributed by atoms with Crippen molar-refractivity contribution < 1.29 is 8.78 Å². The van der Waals surface area contributed by atoms with Gasteiger partial charge in [-0.05, 0) is 36.6 Å². The Labute approximate surface area is 112 Å². The van der Waals surface area contributed by atoms with Crippen LogP contribution in [-0.4, -0.2) is 4.98 Å². The highest BCUT2D eigenvalue weighted by Gasteiger charge is 2.11. The van der Waals surface area contributed by atoms with Crippen molar-refractivity contribution in [2.45, 2.75) is 32.6 Å². The molecule has 0 aliphatic rings. The van der Waals surface area contributed by atoms with Crippen LogP contribution in [0, 0.1) is 11.6 Å². The van der Waals surface area contributed by atoms with Crippen LogP contribution in [0.2, 0.25) is 0 Å². The van der Waals surface area contributed by atoms with Crippen LogP contribution in [0.25, 0.3) is 11.3 Å². The van der Waals surface area contributed by atoms with Gasteiger partial charge in [0, 0.05) is 17.3 Å². The molecule has 0 saturated carbocycles. The topological polar surface area (TPSA) is 12.9 Å². The summed E-state index contributed by atoms with van der Waals surface area (Å²) in [6.45, 7) is 4.23. The minimum absolute atomic E-state index is 0.340. The summed E-state index contributed by atoms with van der Waals surface area (Å²) < 4.78 is 26.6. The van der Waals surface area contributed by atoms with Gasteiger partial charge in [0.2, 0.25) is 0 Å². The number of benzene rings is 1. The highest BCUT2D eigenvalue weighted by Crippen LogP contribution is 2.25. The van der Waals surface area contributed by atoms with Gasteiger partial charge in [-0.3, -0.25) is 4.98 Å². The zero-order valence-corrected chi connectivity index (χ0v) is 11.2. The van der Waals surface area contributed by atoms with Crippen molar-refractivity contribution in [3.05, 3.63) is 53.7 Å². The van der Waals surface area contributed by atoms with Gasteiger partial charge in [-0.25, -0.2) is 8.78 Å². The third kappa shape index (κ3) is 3.16. The summed E-state index contributed by atoms with van der Waals surface area (Å²) >= 11 is 0. The van der Waals surface area contributed by atoms with E-state index in [-0.39, 0.29) is 0 Å². The molecule has 0 radical (unpaired) electrons. The summed E-state index contributed by atoms with van der Waals surface area (Å²) in [6.07, 6.45) is 2.13. The largest absolute Gasteiger partial charge is 0.252 e. The van der Waals surface area contributed by atoms with Crippen molar-refractivity contribution in [3.8, 4) is 11.3 Å². The fourth-order valence-corrected chi connectivity index (χ4v) is 2.15. The Bertz CT molecular complexity index is 566. The van der Waals surface area contributed by atoms with E-state index in [2.05, 4.69) is 18.8 Å². The lowest BCUT2D eigenvalue weighted by atomic mass is 10.0. The van der Waals surface area contributed by atoms with Crippen molar-refractivity contribution in [1.29, 1.82) is 0 Å². The molecule has 1 unspecified atom stereocenters. The number of hydrogen-bond acceptors (Lipinski definition) is 1. The maximum absolute atomic E-state index is 13.7. The van der Waals surface area contributed by atoms with Gasteiger partial charge in [-0.2, -0.15) is 0 Å². The summed E-state index contributed by atoms with van der Waals surface area (Å²) in [5.41, 5.74) is 1.84. The van der Waals surface area contributed by atoms with E-state index in [0.717, 1.165) is 24.6 Å². The first-order valence-electron chi connectivity index (χ1n) is 6.54. The van der Waals surface area contributed by atoms with Gasteiger partial charge in [0.15, 0.2) is 0 Å². The Morgan fingerprint density at radius 1 is 1.16 bits per heavy atom. The Morgan fingerprint density at radius 2 is 1.95 bits per heavy atom. The molecule has 0 amide bonds. The van der Waals surface area contributed by atoms with E-state index in [1.807, 2.05) is 12.1 Å². The van der Waals surface area contributed by atoms with Crippen LogP contribution >= 0.6 is 0 Å². The first-order valence-corrected chi connectivity index (χ1v) is 6.54. The predicted octanol–water partition coefficient (Wildman–Crippen LogP) is 4.93. The van der Waals surface area contributed by atoms with Crippen LogP contribution in [0.5, 0.6) is 0 Å². The fourth-order valence-electron chi connectivity index (χ4n) is 2.15. The molecule has 0 aliphatic heterocycles. The maximum atomic E-state index is 13.7. The van der Waals surface area contributed by atoms with Crippen molar-refractivity contribution in [2.24, 2.45) is 0 Å². The molecule has 100 valence electrons. The molecular formula is C16H17F2N. The van der Waals surface area contributed by atoms with Crippen LogP contribution < -0.4 is 0 Å². The van der Waals surface area contributed by atoms with E-state index in [4.69, 9.17) is 0 Å². The number of hydrogen-bond donors (Lipinski definition) is 0. The van der Waals surface area contributed by atoms with E-state index in [0.29, 0.717) is 17.2 Å². The Kier molecular flexibility index (Phi) is 4.25. The van der Waals surface area contributed by atoms with Crippen molar-refractivity contribution in [1.82, 2.24) is 4.98 Å². The summed E-state index contributed by atoms with van der Waals surface area (Å²) in [4.78, 5) is 4.49. The normalized spacial score (nSPS) is 12.4. The number of pyridine rings is 1. The number of nitrogens with zero attached hydrogens (tertiary/aromatic N) is 1. The van der Waals surface area contributed by atoms with E-state index < -0.39 is 11.6 Å². The molecule has 2 aromatic rings. The second-order valence-electron chi connectivity index (χ2n) is 4.76. The Balaban J connectivity index is 2.37. The average Bonchev–Trinajstić information content (AvgIpc) is 2.39. The molecule has 0 aliphatic carbocycles. The van der Waals surface area contributed by atoms with Gasteiger partial charge in [0.25, 0.3) is 0 Å². The molecule has 2 rings (SSSR count). The molecule has 1 heterocycles. The lowest BCUT2D eigenvalue weighted by molar-refractivity contribution is 0.585. The summed E-state index contributed by atoms with van der Waals surface area (Å²) in [5.74, 6) is -0.807. The third-order valence-corrected chi connectivity index (χ3v) is 3.20. The molecule has 3 heteroatoms. The second-order valence-corrected chi connectivity index (χ2v) is 4.76. The smallest absolute Gasteiger partial charge is 0.135 e. The second kappa shape index (κ2) is 5.91. The van der Waals surface area contributed by atoms with Crippen molar-refractivity contribution >= 4 is 0 Å². The highest BCUT2D eigenvalue weighted by atomic mass is 19.1. The Morgan fingerprint density at radius 3 is 2.63 bits per heavy atom. The van der Waals surface area contributed by atoms with Crippen molar-refractivity contribution in [3.63, 3.8) is 0 Å². The molecule has 0 saturated heterocycles. The minimum atomic E-state index is -0.576. The fraction of sp³-hybridized carbons (Fsp3) is 0.312. The number of halogens is 2. The SMILES string of the molecule is CCCC(C)c1cccc(-c2ccc(F)cc2F)n1.